The van der Waals surface area contributed by atoms with Crippen LogP contribution in [0.1, 0.15) is 36.3 Å². The monoisotopic (exact) mass is 362 g/mol. The lowest BCUT2D eigenvalue weighted by molar-refractivity contribution is 0.0460. The van der Waals surface area contributed by atoms with Crippen molar-refractivity contribution in [3.05, 3.63) is 30.0 Å². The van der Waals surface area contributed by atoms with E-state index in [1.807, 2.05) is 9.58 Å². The standard InChI is InChI=1S/C17H26N6O3/c1-13(2)15(16-18-19-20-23(16)10-12-25-3)21-6-8-22(9-7-21)17(24)14-5-4-11-26-14/h4-5,11,13,15H,6-10,12H2,1-3H3/t15-/m1/s1. The minimum Gasteiger partial charge on any atom is -0.459 e. The molecule has 3 rings (SSSR count). The Balaban J connectivity index is 1.67. The lowest BCUT2D eigenvalue weighted by atomic mass is 10.0. The van der Waals surface area contributed by atoms with Gasteiger partial charge in [-0.25, -0.2) is 4.68 Å². The molecule has 9 heteroatoms. The van der Waals surface area contributed by atoms with Crippen molar-refractivity contribution in [3.63, 3.8) is 0 Å². The Morgan fingerprint density at radius 1 is 1.31 bits per heavy atom. The number of furan rings is 1. The molecule has 0 radical (unpaired) electrons. The fraction of sp³-hybridized carbons (Fsp3) is 0.647. The summed E-state index contributed by atoms with van der Waals surface area (Å²) in [5.74, 6) is 1.53. The summed E-state index contributed by atoms with van der Waals surface area (Å²) >= 11 is 0. The van der Waals surface area contributed by atoms with Gasteiger partial charge in [0.25, 0.3) is 5.91 Å². The zero-order valence-electron chi connectivity index (χ0n) is 15.5. The lowest BCUT2D eigenvalue weighted by Gasteiger charge is -2.40. The van der Waals surface area contributed by atoms with Crippen LogP contribution in [0.3, 0.4) is 0 Å². The van der Waals surface area contributed by atoms with E-state index >= 15 is 0 Å². The maximum Gasteiger partial charge on any atom is 0.289 e. The molecule has 26 heavy (non-hydrogen) atoms. The third-order valence-electron chi connectivity index (χ3n) is 4.69. The van der Waals surface area contributed by atoms with Crippen LogP contribution in [0, 0.1) is 5.92 Å². The second-order valence-corrected chi connectivity index (χ2v) is 6.75. The summed E-state index contributed by atoms with van der Waals surface area (Å²) in [6.07, 6.45) is 1.53. The maximum absolute atomic E-state index is 12.4. The second-order valence-electron chi connectivity index (χ2n) is 6.75. The van der Waals surface area contributed by atoms with Crippen molar-refractivity contribution < 1.29 is 13.9 Å². The average Bonchev–Trinajstić information content (AvgIpc) is 3.32. The number of methoxy groups -OCH3 is 1. The molecule has 3 heterocycles. The third-order valence-corrected chi connectivity index (χ3v) is 4.69. The van der Waals surface area contributed by atoms with E-state index in [4.69, 9.17) is 9.15 Å². The zero-order valence-corrected chi connectivity index (χ0v) is 15.5. The van der Waals surface area contributed by atoms with Gasteiger partial charge in [-0.15, -0.1) is 5.10 Å². The summed E-state index contributed by atoms with van der Waals surface area (Å²) in [6.45, 7) is 8.37. The molecular formula is C17H26N6O3. The number of tetrazole rings is 1. The number of amides is 1. The largest absolute Gasteiger partial charge is 0.459 e. The number of piperazine rings is 1. The van der Waals surface area contributed by atoms with E-state index in [1.165, 1.54) is 6.26 Å². The molecule has 0 unspecified atom stereocenters. The van der Waals surface area contributed by atoms with Gasteiger partial charge in [-0.1, -0.05) is 13.8 Å². The van der Waals surface area contributed by atoms with Crippen molar-refractivity contribution in [2.75, 3.05) is 39.9 Å². The first-order valence-corrected chi connectivity index (χ1v) is 8.93. The molecule has 1 saturated heterocycles. The Kier molecular flexibility index (Phi) is 6.00. The maximum atomic E-state index is 12.4. The van der Waals surface area contributed by atoms with E-state index in [0.717, 1.165) is 18.9 Å². The van der Waals surface area contributed by atoms with Crippen molar-refractivity contribution in [3.8, 4) is 0 Å². The van der Waals surface area contributed by atoms with Crippen LogP contribution < -0.4 is 0 Å². The fourth-order valence-electron chi connectivity index (χ4n) is 3.40. The summed E-state index contributed by atoms with van der Waals surface area (Å²) in [5.41, 5.74) is 0. The summed E-state index contributed by atoms with van der Waals surface area (Å²) in [4.78, 5) is 16.6. The molecule has 0 N–H and O–H groups in total. The molecule has 1 aliphatic heterocycles. The van der Waals surface area contributed by atoms with Gasteiger partial charge < -0.3 is 14.1 Å². The normalized spacial score (nSPS) is 17.0. The predicted octanol–water partition coefficient (Wildman–Crippen LogP) is 1.07. The van der Waals surface area contributed by atoms with E-state index in [-0.39, 0.29) is 11.9 Å². The third kappa shape index (κ3) is 3.94. The topological polar surface area (TPSA) is 89.5 Å². The van der Waals surface area contributed by atoms with E-state index in [1.54, 1.807) is 19.2 Å². The molecule has 1 fully saturated rings. The first kappa shape index (κ1) is 18.5. The number of nitrogens with zero attached hydrogens (tertiary/aromatic N) is 6. The molecule has 2 aromatic heterocycles. The van der Waals surface area contributed by atoms with Crippen LogP contribution in [0.5, 0.6) is 0 Å². The fourth-order valence-corrected chi connectivity index (χ4v) is 3.40. The minimum absolute atomic E-state index is 0.0549. The smallest absolute Gasteiger partial charge is 0.289 e. The molecular weight excluding hydrogens is 336 g/mol. The van der Waals surface area contributed by atoms with E-state index in [9.17, 15) is 4.79 Å². The quantitative estimate of drug-likeness (QED) is 0.728. The van der Waals surface area contributed by atoms with Gasteiger partial charge in [-0.3, -0.25) is 9.69 Å². The van der Waals surface area contributed by atoms with E-state index < -0.39 is 0 Å². The average molecular weight is 362 g/mol. The Morgan fingerprint density at radius 2 is 2.08 bits per heavy atom. The van der Waals surface area contributed by atoms with Gasteiger partial charge in [0.05, 0.1) is 25.5 Å². The van der Waals surface area contributed by atoms with Crippen LogP contribution in [-0.4, -0.2) is 75.8 Å². The van der Waals surface area contributed by atoms with Gasteiger partial charge in [-0.05, 0) is 28.5 Å². The molecule has 142 valence electrons. The number of carbonyl (C=O) groups is 1. The van der Waals surface area contributed by atoms with Gasteiger partial charge in [0, 0.05) is 33.3 Å². The molecule has 0 bridgehead atoms. The Bertz CT molecular complexity index is 691. The highest BCUT2D eigenvalue weighted by Crippen LogP contribution is 2.28. The number of hydrogen-bond donors (Lipinski definition) is 0. The molecule has 9 nitrogen and oxygen atoms in total. The van der Waals surface area contributed by atoms with Crippen LogP contribution in [0.2, 0.25) is 0 Å². The van der Waals surface area contributed by atoms with Gasteiger partial charge in [0.2, 0.25) is 0 Å². The van der Waals surface area contributed by atoms with Crippen molar-refractivity contribution in [1.82, 2.24) is 30.0 Å². The van der Waals surface area contributed by atoms with Gasteiger partial charge >= 0.3 is 0 Å². The van der Waals surface area contributed by atoms with Crippen LogP contribution in [-0.2, 0) is 11.3 Å². The Morgan fingerprint density at radius 3 is 2.69 bits per heavy atom. The number of rotatable bonds is 7. The highest BCUT2D eigenvalue weighted by atomic mass is 16.5. The molecule has 1 amide bonds. The number of ether oxygens (including phenoxy) is 1. The number of hydrogen-bond acceptors (Lipinski definition) is 7. The molecule has 0 aromatic carbocycles. The minimum atomic E-state index is -0.0549. The van der Waals surface area contributed by atoms with E-state index in [0.29, 0.717) is 37.9 Å². The van der Waals surface area contributed by atoms with Crippen molar-refractivity contribution in [1.29, 1.82) is 0 Å². The molecule has 0 spiro atoms. The highest BCUT2D eigenvalue weighted by molar-refractivity contribution is 5.91. The first-order valence-electron chi connectivity index (χ1n) is 8.93. The molecule has 0 saturated carbocycles. The molecule has 0 aliphatic carbocycles. The zero-order chi connectivity index (χ0) is 18.5. The Hall–Kier alpha value is -2.26. The highest BCUT2D eigenvalue weighted by Gasteiger charge is 2.33. The summed E-state index contributed by atoms with van der Waals surface area (Å²) < 4.78 is 12.2. The first-order chi connectivity index (χ1) is 12.6. The van der Waals surface area contributed by atoms with Crippen molar-refractivity contribution in [2.45, 2.75) is 26.4 Å². The summed E-state index contributed by atoms with van der Waals surface area (Å²) in [6, 6.07) is 3.54. The van der Waals surface area contributed by atoms with Gasteiger partial charge in [-0.2, -0.15) is 0 Å². The van der Waals surface area contributed by atoms with Crippen molar-refractivity contribution >= 4 is 5.91 Å². The SMILES string of the molecule is COCCn1nnnc1[C@@H](C(C)C)N1CCN(C(=O)c2ccco2)CC1. The lowest BCUT2D eigenvalue weighted by Crippen LogP contribution is -2.50. The number of carbonyl (C=O) groups excluding carboxylic acids is 1. The van der Waals surface area contributed by atoms with Crippen molar-refractivity contribution in [2.24, 2.45) is 5.92 Å². The van der Waals surface area contributed by atoms with Crippen LogP contribution in [0.15, 0.2) is 22.8 Å². The van der Waals surface area contributed by atoms with Gasteiger partial charge in [0.1, 0.15) is 0 Å². The molecule has 2 aromatic rings. The van der Waals surface area contributed by atoms with Gasteiger partial charge in [0.15, 0.2) is 11.6 Å². The molecule has 1 atom stereocenters. The van der Waals surface area contributed by atoms with E-state index in [2.05, 4.69) is 34.3 Å². The van der Waals surface area contributed by atoms with Crippen LogP contribution >= 0.6 is 0 Å². The predicted molar refractivity (Wildman–Crippen MR) is 93.5 cm³/mol. The molecule has 1 aliphatic rings. The second kappa shape index (κ2) is 8.41. The summed E-state index contributed by atoms with van der Waals surface area (Å²) in [7, 11) is 1.67. The van der Waals surface area contributed by atoms with Crippen LogP contribution in [0.25, 0.3) is 0 Å². The summed E-state index contributed by atoms with van der Waals surface area (Å²) in [5, 5.41) is 12.2. The van der Waals surface area contributed by atoms with Crippen LogP contribution in [0.4, 0.5) is 0 Å². The number of aromatic nitrogens is 4. The Labute approximate surface area is 152 Å².